The molecule has 1 aromatic heterocycles. The highest BCUT2D eigenvalue weighted by Crippen LogP contribution is 2.33. The summed E-state index contributed by atoms with van der Waals surface area (Å²) < 4.78 is 24.9. The third-order valence-corrected chi connectivity index (χ3v) is 6.46. The van der Waals surface area contributed by atoms with Crippen molar-refractivity contribution in [2.75, 3.05) is 14.1 Å². The third kappa shape index (κ3) is 3.58. The van der Waals surface area contributed by atoms with Crippen LogP contribution in [0.1, 0.15) is 17.0 Å². The Morgan fingerprint density at radius 1 is 1.19 bits per heavy atom. The molecule has 3 rings (SSSR count). The Morgan fingerprint density at radius 2 is 1.81 bits per heavy atom. The zero-order valence-electron chi connectivity index (χ0n) is 15.4. The Labute approximate surface area is 162 Å². The van der Waals surface area contributed by atoms with Gasteiger partial charge in [-0.15, -0.1) is 0 Å². The summed E-state index contributed by atoms with van der Waals surface area (Å²) in [5, 5.41) is 5.82. The normalized spacial score (nSPS) is 18.1. The average Bonchev–Trinajstić information content (AvgIpc) is 3.04. The minimum Gasteiger partial charge on any atom is -0.318 e. The molecule has 1 amide bonds. The van der Waals surface area contributed by atoms with Gasteiger partial charge in [0.1, 0.15) is 0 Å². The molecule has 2 heterocycles. The molecule has 0 atom stereocenters. The van der Waals surface area contributed by atoms with Crippen molar-refractivity contribution in [1.29, 1.82) is 0 Å². The smallest absolute Gasteiger partial charge is 0.266 e. The molecule has 1 saturated heterocycles. The number of carbonyl (C=O) groups excluding carboxylic acids is 1. The van der Waals surface area contributed by atoms with Crippen LogP contribution in [0.4, 0.5) is 0 Å². The fraction of sp³-hybridized carbons (Fsp3) is 0.222. The number of nitrogens with zero attached hydrogens (tertiary/aromatic N) is 3. The van der Waals surface area contributed by atoms with Gasteiger partial charge in [-0.2, -0.15) is 0 Å². The molecule has 27 heavy (non-hydrogen) atoms. The lowest BCUT2D eigenvalue weighted by molar-refractivity contribution is -0.121. The Morgan fingerprint density at radius 3 is 2.33 bits per heavy atom. The number of sulfonamides is 1. The molecule has 0 saturated carbocycles. The van der Waals surface area contributed by atoms with E-state index in [-0.39, 0.29) is 10.8 Å². The second-order valence-electron chi connectivity index (χ2n) is 6.18. The summed E-state index contributed by atoms with van der Waals surface area (Å²) in [6.45, 7) is 3.91. The van der Waals surface area contributed by atoms with Crippen molar-refractivity contribution in [2.45, 2.75) is 18.7 Å². The molecule has 1 aliphatic rings. The minimum absolute atomic E-state index is 0.0680. The van der Waals surface area contributed by atoms with Gasteiger partial charge in [0.25, 0.3) is 5.91 Å². The van der Waals surface area contributed by atoms with Gasteiger partial charge < -0.3 is 4.57 Å². The molecule has 0 radical (unpaired) electrons. The van der Waals surface area contributed by atoms with Gasteiger partial charge in [-0.1, -0.05) is 0 Å². The highest BCUT2D eigenvalue weighted by molar-refractivity contribution is 8.18. The molecule has 2 N–H and O–H groups in total. The van der Waals surface area contributed by atoms with Gasteiger partial charge in [-0.05, 0) is 67.6 Å². The number of nitrogens with two attached hydrogens (primary N) is 1. The van der Waals surface area contributed by atoms with Gasteiger partial charge in [0.05, 0.1) is 9.80 Å². The molecular weight excluding hydrogens is 384 g/mol. The lowest BCUT2D eigenvalue weighted by atomic mass is 10.2. The molecule has 0 aliphatic carbocycles. The fourth-order valence-corrected chi connectivity index (χ4v) is 4.44. The summed E-state index contributed by atoms with van der Waals surface area (Å²) in [6.07, 6.45) is 1.86. The monoisotopic (exact) mass is 404 g/mol. The van der Waals surface area contributed by atoms with Crippen LogP contribution in [0.5, 0.6) is 0 Å². The van der Waals surface area contributed by atoms with Crippen molar-refractivity contribution in [2.24, 2.45) is 10.1 Å². The van der Waals surface area contributed by atoms with Gasteiger partial charge in [0.15, 0.2) is 5.17 Å². The maximum absolute atomic E-state index is 12.4. The number of thioether (sulfide) groups is 1. The number of aromatic nitrogens is 1. The van der Waals surface area contributed by atoms with E-state index in [1.807, 2.05) is 30.6 Å². The number of amidine groups is 1. The summed E-state index contributed by atoms with van der Waals surface area (Å²) in [4.78, 5) is 18.7. The summed E-state index contributed by atoms with van der Waals surface area (Å²) in [7, 11) is -0.365. The Hall–Kier alpha value is -2.36. The molecule has 1 fully saturated rings. The number of benzene rings is 1. The molecule has 7 nitrogen and oxygen atoms in total. The Bertz CT molecular complexity index is 1080. The zero-order valence-corrected chi connectivity index (χ0v) is 17.1. The van der Waals surface area contributed by atoms with E-state index in [2.05, 4.69) is 4.99 Å². The molecule has 0 bridgehead atoms. The Balaban J connectivity index is 2.01. The largest absolute Gasteiger partial charge is 0.318 e. The number of hydrogen-bond acceptors (Lipinski definition) is 5. The van der Waals surface area contributed by atoms with Crippen LogP contribution in [0.25, 0.3) is 11.8 Å². The van der Waals surface area contributed by atoms with Crippen LogP contribution in [0.15, 0.2) is 45.1 Å². The number of likely N-dealkylation sites (N-methyl/N-ethyl adjacent to an activating group) is 1. The topological polar surface area (TPSA) is 97.8 Å². The number of amides is 1. The number of primary sulfonamides is 1. The first-order valence-electron chi connectivity index (χ1n) is 8.10. The quantitative estimate of drug-likeness (QED) is 0.794. The van der Waals surface area contributed by atoms with Crippen LogP contribution >= 0.6 is 11.8 Å². The van der Waals surface area contributed by atoms with Crippen LogP contribution in [0.3, 0.4) is 0 Å². The van der Waals surface area contributed by atoms with Gasteiger partial charge in [0.2, 0.25) is 10.0 Å². The van der Waals surface area contributed by atoms with Crippen molar-refractivity contribution >= 4 is 38.9 Å². The van der Waals surface area contributed by atoms with Gasteiger partial charge >= 0.3 is 0 Å². The first-order chi connectivity index (χ1) is 12.6. The first-order valence-corrected chi connectivity index (χ1v) is 10.5. The highest BCUT2D eigenvalue weighted by atomic mass is 32.2. The number of aryl methyl sites for hydroxylation is 1. The molecule has 142 valence electrons. The first kappa shape index (κ1) is 19.4. The van der Waals surface area contributed by atoms with Crippen molar-refractivity contribution < 1.29 is 13.2 Å². The Kier molecular flexibility index (Phi) is 5.02. The zero-order chi connectivity index (χ0) is 19.9. The molecule has 0 spiro atoms. The SMILES string of the molecule is CN=C1S/C(=C\c2cc(C)n(-c3ccc(S(N)(=O)=O)cc3)c2C)C(=O)N1C. The second kappa shape index (κ2) is 6.99. The number of aliphatic imine (C=N–C) groups is 1. The van der Waals surface area contributed by atoms with Gasteiger partial charge in [-0.3, -0.25) is 14.7 Å². The van der Waals surface area contributed by atoms with Crippen LogP contribution in [0, 0.1) is 13.8 Å². The lowest BCUT2D eigenvalue weighted by Crippen LogP contribution is -2.23. The van der Waals surface area contributed by atoms with Crippen molar-refractivity contribution in [3.8, 4) is 5.69 Å². The van der Waals surface area contributed by atoms with Gasteiger partial charge in [0, 0.05) is 31.2 Å². The standard InChI is InChI=1S/C18H20N4O3S2/c1-11-9-13(10-16-17(23)21(4)18(20-3)26-16)12(2)22(11)14-5-7-15(8-6-14)27(19,24)25/h5-10H,1-4H3,(H2,19,24,25)/b16-10-,20-18?. The minimum atomic E-state index is -3.73. The van der Waals surface area contributed by atoms with E-state index in [0.29, 0.717) is 10.1 Å². The van der Waals surface area contributed by atoms with E-state index < -0.39 is 10.0 Å². The van der Waals surface area contributed by atoms with E-state index in [1.54, 1.807) is 26.2 Å². The van der Waals surface area contributed by atoms with E-state index in [1.165, 1.54) is 28.8 Å². The molecular formula is C18H20N4O3S2. The molecule has 1 aromatic carbocycles. The van der Waals surface area contributed by atoms with E-state index in [4.69, 9.17) is 5.14 Å². The molecule has 0 unspecified atom stereocenters. The summed E-state index contributed by atoms with van der Waals surface area (Å²) in [6, 6.07) is 8.38. The molecule has 2 aromatic rings. The van der Waals surface area contributed by atoms with Crippen molar-refractivity contribution in [1.82, 2.24) is 9.47 Å². The van der Waals surface area contributed by atoms with Gasteiger partial charge in [-0.25, -0.2) is 13.6 Å². The number of rotatable bonds is 3. The van der Waals surface area contributed by atoms with Crippen LogP contribution in [-0.2, 0) is 14.8 Å². The van der Waals surface area contributed by atoms with E-state index in [0.717, 1.165) is 22.6 Å². The predicted octanol–water partition coefficient (Wildman–Crippen LogP) is 2.27. The summed E-state index contributed by atoms with van der Waals surface area (Å²) in [5.74, 6) is -0.0806. The number of carbonyl (C=O) groups is 1. The summed E-state index contributed by atoms with van der Waals surface area (Å²) in [5.41, 5.74) is 3.65. The molecule has 9 heteroatoms. The fourth-order valence-electron chi connectivity index (χ4n) is 3.01. The maximum Gasteiger partial charge on any atom is 0.266 e. The van der Waals surface area contributed by atoms with Crippen molar-refractivity contribution in [3.63, 3.8) is 0 Å². The molecule has 1 aliphatic heterocycles. The predicted molar refractivity (Wildman–Crippen MR) is 108 cm³/mol. The van der Waals surface area contributed by atoms with E-state index >= 15 is 0 Å². The number of hydrogen-bond donors (Lipinski definition) is 1. The average molecular weight is 405 g/mol. The summed E-state index contributed by atoms with van der Waals surface area (Å²) >= 11 is 1.34. The lowest BCUT2D eigenvalue weighted by Gasteiger charge is -2.10. The highest BCUT2D eigenvalue weighted by Gasteiger charge is 2.30. The van der Waals surface area contributed by atoms with Crippen LogP contribution < -0.4 is 5.14 Å². The van der Waals surface area contributed by atoms with Crippen molar-refractivity contribution in [3.05, 3.63) is 52.2 Å². The van der Waals surface area contributed by atoms with Crippen LogP contribution in [-0.4, -0.2) is 43.1 Å². The van der Waals surface area contributed by atoms with Crippen LogP contribution in [0.2, 0.25) is 0 Å². The maximum atomic E-state index is 12.4. The second-order valence-corrected chi connectivity index (χ2v) is 8.75. The third-order valence-electron chi connectivity index (χ3n) is 4.38. The van der Waals surface area contributed by atoms with E-state index in [9.17, 15) is 13.2 Å².